The minimum Gasteiger partial charge on any atom is -0.481 e. The van der Waals surface area contributed by atoms with E-state index in [-0.39, 0.29) is 5.54 Å². The SMILES string of the molecule is COc1cc(C)nc(NC2(CCl)CCCC2)n1. The normalized spacial score (nSPS) is 18.1. The third-order valence-electron chi connectivity index (χ3n) is 3.23. The van der Waals surface area contributed by atoms with Crippen molar-refractivity contribution in [1.29, 1.82) is 0 Å². The zero-order valence-electron chi connectivity index (χ0n) is 10.3. The van der Waals surface area contributed by atoms with Gasteiger partial charge in [-0.05, 0) is 19.8 Å². The molecular weight excluding hydrogens is 238 g/mol. The van der Waals surface area contributed by atoms with E-state index in [1.165, 1.54) is 12.8 Å². The van der Waals surface area contributed by atoms with Crippen LogP contribution in [0.15, 0.2) is 6.07 Å². The summed E-state index contributed by atoms with van der Waals surface area (Å²) in [6, 6.07) is 1.81. The number of rotatable bonds is 4. The van der Waals surface area contributed by atoms with E-state index in [9.17, 15) is 0 Å². The molecule has 0 unspecified atom stereocenters. The quantitative estimate of drug-likeness (QED) is 0.841. The molecule has 4 nitrogen and oxygen atoms in total. The molecule has 0 spiro atoms. The van der Waals surface area contributed by atoms with Gasteiger partial charge in [-0.1, -0.05) is 12.8 Å². The molecule has 17 heavy (non-hydrogen) atoms. The van der Waals surface area contributed by atoms with Gasteiger partial charge in [0, 0.05) is 17.6 Å². The molecule has 1 aromatic heterocycles. The first kappa shape index (κ1) is 12.4. The van der Waals surface area contributed by atoms with Crippen LogP contribution >= 0.6 is 11.6 Å². The molecule has 0 atom stereocenters. The molecule has 0 aliphatic heterocycles. The van der Waals surface area contributed by atoms with Gasteiger partial charge in [0.15, 0.2) is 0 Å². The second-order valence-corrected chi connectivity index (χ2v) is 4.89. The predicted molar refractivity (Wildman–Crippen MR) is 68.9 cm³/mol. The molecule has 1 aliphatic carbocycles. The van der Waals surface area contributed by atoms with Gasteiger partial charge in [0.1, 0.15) is 0 Å². The average molecular weight is 256 g/mol. The first-order valence-corrected chi connectivity index (χ1v) is 6.45. The van der Waals surface area contributed by atoms with Gasteiger partial charge in [-0.15, -0.1) is 11.6 Å². The minimum absolute atomic E-state index is 0.0413. The topological polar surface area (TPSA) is 47.0 Å². The van der Waals surface area contributed by atoms with Crippen molar-refractivity contribution >= 4 is 17.5 Å². The summed E-state index contributed by atoms with van der Waals surface area (Å²) in [5, 5.41) is 3.39. The third-order valence-corrected chi connectivity index (χ3v) is 3.74. The van der Waals surface area contributed by atoms with Crippen LogP contribution in [0.5, 0.6) is 5.88 Å². The first-order chi connectivity index (χ1) is 8.17. The Kier molecular flexibility index (Phi) is 3.72. The zero-order valence-corrected chi connectivity index (χ0v) is 11.0. The molecule has 0 radical (unpaired) electrons. The lowest BCUT2D eigenvalue weighted by Crippen LogP contribution is -2.37. The maximum Gasteiger partial charge on any atom is 0.226 e. The second-order valence-electron chi connectivity index (χ2n) is 4.62. The van der Waals surface area contributed by atoms with Crippen LogP contribution in [0.2, 0.25) is 0 Å². The Balaban J connectivity index is 2.19. The Morgan fingerprint density at radius 3 is 2.71 bits per heavy atom. The highest BCUT2D eigenvalue weighted by molar-refractivity contribution is 6.18. The Morgan fingerprint density at radius 2 is 2.12 bits per heavy atom. The second kappa shape index (κ2) is 5.08. The fraction of sp³-hybridized carbons (Fsp3) is 0.667. The molecular formula is C12H18ClN3O. The smallest absolute Gasteiger partial charge is 0.226 e. The van der Waals surface area contributed by atoms with Crippen LogP contribution in [0.1, 0.15) is 31.4 Å². The highest BCUT2D eigenvalue weighted by Gasteiger charge is 2.33. The Morgan fingerprint density at radius 1 is 1.41 bits per heavy atom. The molecule has 0 saturated heterocycles. The van der Waals surface area contributed by atoms with Crippen LogP contribution in [-0.2, 0) is 0 Å². The minimum atomic E-state index is -0.0413. The predicted octanol–water partition coefficient (Wildman–Crippen LogP) is 2.76. The van der Waals surface area contributed by atoms with Crippen LogP contribution < -0.4 is 10.1 Å². The maximum atomic E-state index is 6.08. The number of methoxy groups -OCH3 is 1. The number of hydrogen-bond donors (Lipinski definition) is 1. The zero-order chi connectivity index (χ0) is 12.3. The van der Waals surface area contributed by atoms with E-state index in [1.807, 2.05) is 13.0 Å². The summed E-state index contributed by atoms with van der Waals surface area (Å²) in [6.45, 7) is 1.93. The fourth-order valence-electron chi connectivity index (χ4n) is 2.28. The molecule has 0 aromatic carbocycles. The summed E-state index contributed by atoms with van der Waals surface area (Å²) in [5.74, 6) is 1.79. The molecule has 1 heterocycles. The molecule has 1 aliphatic rings. The van der Waals surface area contributed by atoms with Crippen molar-refractivity contribution in [2.24, 2.45) is 0 Å². The van der Waals surface area contributed by atoms with Crippen molar-refractivity contribution < 1.29 is 4.74 Å². The maximum absolute atomic E-state index is 6.08. The summed E-state index contributed by atoms with van der Waals surface area (Å²) >= 11 is 6.08. The van der Waals surface area contributed by atoms with Crippen molar-refractivity contribution in [2.45, 2.75) is 38.1 Å². The lowest BCUT2D eigenvalue weighted by Gasteiger charge is -2.27. The standard InChI is InChI=1S/C12H18ClN3O/c1-9-7-10(17-2)15-11(14-9)16-12(8-13)5-3-4-6-12/h7H,3-6,8H2,1-2H3,(H,14,15,16). The molecule has 1 aromatic rings. The summed E-state index contributed by atoms with van der Waals surface area (Å²) in [5.41, 5.74) is 0.849. The number of nitrogens with zero attached hydrogens (tertiary/aromatic N) is 2. The van der Waals surface area contributed by atoms with E-state index < -0.39 is 0 Å². The number of aryl methyl sites for hydroxylation is 1. The summed E-state index contributed by atoms with van der Waals surface area (Å²) in [6.07, 6.45) is 4.58. The molecule has 2 rings (SSSR count). The molecule has 1 fully saturated rings. The molecule has 0 amide bonds. The van der Waals surface area contributed by atoms with E-state index in [0.29, 0.717) is 17.7 Å². The van der Waals surface area contributed by atoms with Gasteiger partial charge in [0.25, 0.3) is 0 Å². The van der Waals surface area contributed by atoms with Gasteiger partial charge in [-0.25, -0.2) is 4.98 Å². The number of alkyl halides is 1. The first-order valence-electron chi connectivity index (χ1n) is 5.91. The lowest BCUT2D eigenvalue weighted by atomic mass is 10.0. The number of nitrogens with one attached hydrogen (secondary N) is 1. The molecule has 94 valence electrons. The Bertz CT molecular complexity index is 391. The van der Waals surface area contributed by atoms with E-state index in [0.717, 1.165) is 18.5 Å². The van der Waals surface area contributed by atoms with E-state index in [1.54, 1.807) is 7.11 Å². The fourth-order valence-corrected chi connectivity index (χ4v) is 2.62. The van der Waals surface area contributed by atoms with E-state index in [2.05, 4.69) is 15.3 Å². The van der Waals surface area contributed by atoms with Crippen molar-refractivity contribution in [3.63, 3.8) is 0 Å². The molecule has 1 saturated carbocycles. The Hall–Kier alpha value is -1.03. The van der Waals surface area contributed by atoms with Crippen molar-refractivity contribution in [2.75, 3.05) is 18.3 Å². The van der Waals surface area contributed by atoms with E-state index >= 15 is 0 Å². The lowest BCUT2D eigenvalue weighted by molar-refractivity contribution is 0.396. The number of anilines is 1. The number of hydrogen-bond acceptors (Lipinski definition) is 4. The monoisotopic (exact) mass is 255 g/mol. The van der Waals surface area contributed by atoms with Crippen LogP contribution in [0.25, 0.3) is 0 Å². The van der Waals surface area contributed by atoms with Crippen LogP contribution in [0, 0.1) is 6.92 Å². The molecule has 5 heteroatoms. The molecule has 0 bridgehead atoms. The largest absolute Gasteiger partial charge is 0.481 e. The van der Waals surface area contributed by atoms with Gasteiger partial charge < -0.3 is 10.1 Å². The molecule has 1 N–H and O–H groups in total. The van der Waals surface area contributed by atoms with Gasteiger partial charge in [0.05, 0.1) is 12.6 Å². The number of aromatic nitrogens is 2. The highest BCUT2D eigenvalue weighted by Crippen LogP contribution is 2.33. The van der Waals surface area contributed by atoms with Crippen molar-refractivity contribution in [3.8, 4) is 5.88 Å². The van der Waals surface area contributed by atoms with Crippen molar-refractivity contribution in [1.82, 2.24) is 9.97 Å². The van der Waals surface area contributed by atoms with Crippen molar-refractivity contribution in [3.05, 3.63) is 11.8 Å². The third kappa shape index (κ3) is 2.80. The van der Waals surface area contributed by atoms with Gasteiger partial charge in [-0.3, -0.25) is 0 Å². The summed E-state index contributed by atoms with van der Waals surface area (Å²) < 4.78 is 5.14. The van der Waals surface area contributed by atoms with E-state index in [4.69, 9.17) is 16.3 Å². The Labute approximate surface area is 107 Å². The van der Waals surface area contributed by atoms with Crippen LogP contribution in [0.3, 0.4) is 0 Å². The van der Waals surface area contributed by atoms with Crippen LogP contribution in [0.4, 0.5) is 5.95 Å². The van der Waals surface area contributed by atoms with Gasteiger partial charge in [0.2, 0.25) is 11.8 Å². The summed E-state index contributed by atoms with van der Waals surface area (Å²) in [4.78, 5) is 8.68. The highest BCUT2D eigenvalue weighted by atomic mass is 35.5. The number of ether oxygens (including phenoxy) is 1. The van der Waals surface area contributed by atoms with Gasteiger partial charge >= 0.3 is 0 Å². The van der Waals surface area contributed by atoms with Crippen LogP contribution in [-0.4, -0.2) is 28.5 Å². The number of halogens is 1. The average Bonchev–Trinajstić information content (AvgIpc) is 2.77. The summed E-state index contributed by atoms with van der Waals surface area (Å²) in [7, 11) is 1.61. The van der Waals surface area contributed by atoms with Gasteiger partial charge in [-0.2, -0.15) is 4.98 Å².